The van der Waals surface area contributed by atoms with E-state index in [1.807, 2.05) is 0 Å². The Bertz CT molecular complexity index is 1750. The monoisotopic (exact) mass is 632 g/mol. The predicted molar refractivity (Wildman–Crippen MR) is 201 cm³/mol. The van der Waals surface area contributed by atoms with Crippen LogP contribution in [0.15, 0.2) is 84.9 Å². The van der Waals surface area contributed by atoms with E-state index in [2.05, 4.69) is 122 Å². The zero-order valence-corrected chi connectivity index (χ0v) is 28.8. The van der Waals surface area contributed by atoms with Crippen molar-refractivity contribution >= 4 is 61.6 Å². The topological polar surface area (TPSA) is 17.1 Å². The summed E-state index contributed by atoms with van der Waals surface area (Å²) in [6.07, 6.45) is 15.6. The first-order chi connectivity index (χ1) is 22.1. The molecule has 3 heteroatoms. The lowest BCUT2D eigenvalue weighted by Crippen LogP contribution is -2.31. The first-order valence-electron chi connectivity index (χ1n) is 17.5. The number of fused-ring (bicyclic) bond motifs is 5. The van der Waals surface area contributed by atoms with Gasteiger partial charge < -0.3 is 0 Å². The summed E-state index contributed by atoms with van der Waals surface area (Å²) < 4.78 is -0.310. The van der Waals surface area contributed by atoms with Crippen molar-refractivity contribution in [1.82, 2.24) is 0 Å². The Balaban J connectivity index is 1.45. The lowest BCUT2D eigenvalue weighted by molar-refractivity contribution is 0.103. The number of benzene rings is 5. The van der Waals surface area contributed by atoms with Crippen LogP contribution in [0.25, 0.3) is 32.3 Å². The fourth-order valence-corrected chi connectivity index (χ4v) is 10.4. The molecule has 0 amide bonds. The van der Waals surface area contributed by atoms with E-state index < -0.39 is 0 Å². The van der Waals surface area contributed by atoms with Crippen LogP contribution in [-0.2, 0) is 4.08 Å². The van der Waals surface area contributed by atoms with Crippen molar-refractivity contribution in [3.05, 3.63) is 107 Å². The van der Waals surface area contributed by atoms with Gasteiger partial charge in [-0.05, 0) is 104 Å². The summed E-state index contributed by atoms with van der Waals surface area (Å²) in [4.78, 5) is 14.5. The Kier molecular flexibility index (Phi) is 10.9. The molecule has 0 aromatic heterocycles. The molecular formula is C42H48OS2. The molecule has 0 fully saturated rings. The molecule has 1 aliphatic rings. The number of thioether (sulfide) groups is 2. The molecule has 0 saturated carbocycles. The third-order valence-electron chi connectivity index (χ3n) is 9.53. The van der Waals surface area contributed by atoms with Crippen LogP contribution in [0.4, 0.5) is 0 Å². The third-order valence-corrected chi connectivity index (χ3v) is 12.9. The van der Waals surface area contributed by atoms with E-state index in [1.54, 1.807) is 0 Å². The maximum atomic E-state index is 14.5. The van der Waals surface area contributed by atoms with Gasteiger partial charge in [0.2, 0.25) is 0 Å². The molecule has 0 atom stereocenters. The van der Waals surface area contributed by atoms with Gasteiger partial charge in [0.25, 0.3) is 0 Å². The van der Waals surface area contributed by atoms with Crippen molar-refractivity contribution in [1.29, 1.82) is 0 Å². The zero-order chi connectivity index (χ0) is 31.1. The minimum absolute atomic E-state index is 0.178. The Hall–Kier alpha value is -2.75. The van der Waals surface area contributed by atoms with Crippen LogP contribution in [0.3, 0.4) is 0 Å². The van der Waals surface area contributed by atoms with Crippen LogP contribution in [-0.4, -0.2) is 17.3 Å². The molecule has 6 rings (SSSR count). The predicted octanol–water partition coefficient (Wildman–Crippen LogP) is 13.1. The minimum Gasteiger partial charge on any atom is -0.289 e. The van der Waals surface area contributed by atoms with E-state index in [1.165, 1.54) is 110 Å². The van der Waals surface area contributed by atoms with E-state index >= 15 is 0 Å². The van der Waals surface area contributed by atoms with E-state index in [0.717, 1.165) is 33.4 Å². The molecule has 234 valence electrons. The van der Waals surface area contributed by atoms with Gasteiger partial charge in [0.1, 0.15) is 4.08 Å². The van der Waals surface area contributed by atoms with Gasteiger partial charge in [-0.2, -0.15) is 0 Å². The Morgan fingerprint density at radius 2 is 0.844 bits per heavy atom. The van der Waals surface area contributed by atoms with Gasteiger partial charge in [-0.15, -0.1) is 23.5 Å². The van der Waals surface area contributed by atoms with Gasteiger partial charge in [0, 0.05) is 11.1 Å². The fraction of sp³-hybridized carbons (Fsp3) is 0.405. The van der Waals surface area contributed by atoms with Crippen molar-refractivity contribution in [2.45, 2.75) is 95.0 Å². The van der Waals surface area contributed by atoms with Crippen molar-refractivity contribution < 1.29 is 4.79 Å². The molecule has 5 aromatic carbocycles. The van der Waals surface area contributed by atoms with Gasteiger partial charge in [0.05, 0.1) is 0 Å². The zero-order valence-electron chi connectivity index (χ0n) is 27.2. The molecule has 45 heavy (non-hydrogen) atoms. The number of rotatable bonds is 16. The molecule has 0 radical (unpaired) electrons. The number of hydrogen-bond donors (Lipinski definition) is 0. The average molecular weight is 633 g/mol. The average Bonchev–Trinajstić information content (AvgIpc) is 3.07. The van der Waals surface area contributed by atoms with Gasteiger partial charge in [-0.25, -0.2) is 0 Å². The molecule has 1 nitrogen and oxygen atoms in total. The molecule has 0 unspecified atom stereocenters. The van der Waals surface area contributed by atoms with Crippen molar-refractivity contribution in [2.75, 3.05) is 11.5 Å². The molecule has 1 aliphatic carbocycles. The highest BCUT2D eigenvalue weighted by molar-refractivity contribution is 8.17. The molecule has 0 bridgehead atoms. The lowest BCUT2D eigenvalue weighted by atomic mass is 9.81. The summed E-state index contributed by atoms with van der Waals surface area (Å²) in [6, 6.07) is 30.9. The second-order valence-electron chi connectivity index (χ2n) is 12.9. The van der Waals surface area contributed by atoms with E-state index in [9.17, 15) is 4.79 Å². The summed E-state index contributed by atoms with van der Waals surface area (Å²) in [5.74, 6) is 2.38. The van der Waals surface area contributed by atoms with Crippen LogP contribution in [0.5, 0.6) is 0 Å². The van der Waals surface area contributed by atoms with E-state index in [0.29, 0.717) is 0 Å². The molecular weight excluding hydrogens is 585 g/mol. The Morgan fingerprint density at radius 3 is 1.36 bits per heavy atom. The number of carbonyl (C=O) groups excluding carboxylic acids is 1. The van der Waals surface area contributed by atoms with Crippen molar-refractivity contribution in [2.24, 2.45) is 0 Å². The SMILES string of the molecule is CCCCCCCCSC1(SCCCCCCCC)c2cc3ccccc3cc2C(=O)c2cc3cc4ccccc4cc3cc21. The largest absolute Gasteiger partial charge is 0.289 e. The van der Waals surface area contributed by atoms with Gasteiger partial charge in [-0.3, -0.25) is 4.79 Å². The maximum absolute atomic E-state index is 14.5. The summed E-state index contributed by atoms with van der Waals surface area (Å²) in [5, 5.41) is 7.24. The van der Waals surface area contributed by atoms with Crippen LogP contribution >= 0.6 is 23.5 Å². The lowest BCUT2D eigenvalue weighted by Gasteiger charge is -2.40. The van der Waals surface area contributed by atoms with Crippen LogP contribution < -0.4 is 0 Å². The van der Waals surface area contributed by atoms with Gasteiger partial charge >= 0.3 is 0 Å². The fourth-order valence-electron chi connectivity index (χ4n) is 6.99. The molecule has 0 saturated heterocycles. The summed E-state index contributed by atoms with van der Waals surface area (Å²) in [6.45, 7) is 4.58. The third kappa shape index (κ3) is 7.00. The molecule has 0 aliphatic heterocycles. The van der Waals surface area contributed by atoms with Crippen LogP contribution in [0, 0.1) is 0 Å². The number of carbonyl (C=O) groups is 1. The van der Waals surface area contributed by atoms with Crippen molar-refractivity contribution in [3.8, 4) is 0 Å². The number of unbranched alkanes of at least 4 members (excludes halogenated alkanes) is 10. The number of ketones is 1. The summed E-state index contributed by atoms with van der Waals surface area (Å²) in [7, 11) is 0. The first kappa shape index (κ1) is 32.2. The Labute approximate surface area is 279 Å². The smallest absolute Gasteiger partial charge is 0.193 e. The second-order valence-corrected chi connectivity index (χ2v) is 15.7. The molecule has 0 spiro atoms. The standard InChI is InChI=1S/C42H48OS2/c1-3-5-7-9-11-17-23-44-42(45-24-18-12-10-8-6-4-2)39-29-34-22-16-15-21-33(34)27-37(39)41(43)38-28-35-25-31-19-13-14-20-32(31)26-36(35)30-40(38)42/h13-16,19-22,25-30H,3-12,17-18,23-24H2,1-2H3. The maximum Gasteiger partial charge on any atom is 0.193 e. The highest BCUT2D eigenvalue weighted by atomic mass is 32.2. The summed E-state index contributed by atoms with van der Waals surface area (Å²) >= 11 is 4.20. The molecule has 0 N–H and O–H groups in total. The van der Waals surface area contributed by atoms with Gasteiger partial charge in [0.15, 0.2) is 5.78 Å². The van der Waals surface area contributed by atoms with Gasteiger partial charge in [-0.1, -0.05) is 127 Å². The van der Waals surface area contributed by atoms with Crippen LogP contribution in [0.2, 0.25) is 0 Å². The first-order valence-corrected chi connectivity index (χ1v) is 19.4. The normalized spacial score (nSPS) is 13.9. The van der Waals surface area contributed by atoms with Crippen molar-refractivity contribution in [3.63, 3.8) is 0 Å². The molecule has 5 aromatic rings. The van der Waals surface area contributed by atoms with E-state index in [4.69, 9.17) is 0 Å². The highest BCUT2D eigenvalue weighted by Crippen LogP contribution is 2.58. The number of hydrogen-bond acceptors (Lipinski definition) is 3. The Morgan fingerprint density at radius 1 is 0.467 bits per heavy atom. The summed E-state index contributed by atoms with van der Waals surface area (Å²) in [5.41, 5.74) is 4.22. The minimum atomic E-state index is -0.310. The second kappa shape index (κ2) is 15.2. The molecule has 0 heterocycles. The quantitative estimate of drug-likeness (QED) is 0.0612. The van der Waals surface area contributed by atoms with E-state index in [-0.39, 0.29) is 9.86 Å². The highest BCUT2D eigenvalue weighted by Gasteiger charge is 2.45. The van der Waals surface area contributed by atoms with Crippen LogP contribution in [0.1, 0.15) is 118 Å².